The minimum atomic E-state index is -0.385. The lowest BCUT2D eigenvalue weighted by molar-refractivity contribution is 0.0475. The molecule has 26 heavy (non-hydrogen) atoms. The zero-order valence-corrected chi connectivity index (χ0v) is 14.3. The molecule has 4 rings (SSSR count). The van der Waals surface area contributed by atoms with Crippen molar-refractivity contribution >= 4 is 23.5 Å². The number of carbonyl (C=O) groups excluding carboxylic acids is 3. The van der Waals surface area contributed by atoms with Gasteiger partial charge in [0.25, 0.3) is 17.7 Å². The summed E-state index contributed by atoms with van der Waals surface area (Å²) in [6, 6.07) is 6.20. The van der Waals surface area contributed by atoms with Crippen LogP contribution in [0.4, 0.5) is 5.82 Å². The predicted molar refractivity (Wildman–Crippen MR) is 91.9 cm³/mol. The Kier molecular flexibility index (Phi) is 4.04. The van der Waals surface area contributed by atoms with Crippen LogP contribution in [0.5, 0.6) is 0 Å². The van der Waals surface area contributed by atoms with E-state index in [1.807, 2.05) is 0 Å². The number of imide groups is 1. The minimum Gasteiger partial charge on any atom is -0.376 e. The van der Waals surface area contributed by atoms with Crippen LogP contribution in [-0.2, 0) is 11.8 Å². The molecule has 0 spiro atoms. The van der Waals surface area contributed by atoms with Gasteiger partial charge in [0, 0.05) is 31.5 Å². The van der Waals surface area contributed by atoms with Crippen LogP contribution in [0.1, 0.15) is 43.9 Å². The number of hydrogen-bond donors (Lipinski definition) is 1. The van der Waals surface area contributed by atoms with E-state index in [2.05, 4.69) is 10.4 Å². The molecule has 1 saturated heterocycles. The summed E-state index contributed by atoms with van der Waals surface area (Å²) >= 11 is 0. The van der Waals surface area contributed by atoms with E-state index in [1.54, 1.807) is 24.0 Å². The van der Waals surface area contributed by atoms with E-state index in [4.69, 9.17) is 4.74 Å². The van der Waals surface area contributed by atoms with Crippen LogP contribution >= 0.6 is 0 Å². The van der Waals surface area contributed by atoms with Crippen molar-refractivity contribution in [3.05, 3.63) is 47.2 Å². The van der Waals surface area contributed by atoms with Gasteiger partial charge in [0.15, 0.2) is 5.82 Å². The lowest BCUT2D eigenvalue weighted by Gasteiger charge is -2.17. The summed E-state index contributed by atoms with van der Waals surface area (Å²) in [4.78, 5) is 38.7. The van der Waals surface area contributed by atoms with Crippen molar-refractivity contribution in [1.82, 2.24) is 14.7 Å². The first kappa shape index (κ1) is 16.5. The summed E-state index contributed by atoms with van der Waals surface area (Å²) in [7, 11) is 1.75. The number of hydrogen-bond acceptors (Lipinski definition) is 5. The number of ether oxygens (including phenoxy) is 1. The Balaban J connectivity index is 1.54. The lowest BCUT2D eigenvalue weighted by Crippen LogP contribution is -2.36. The van der Waals surface area contributed by atoms with Gasteiger partial charge in [0.05, 0.1) is 23.8 Å². The molecule has 0 radical (unpaired) electrons. The van der Waals surface area contributed by atoms with Crippen molar-refractivity contribution in [3.63, 3.8) is 0 Å². The zero-order chi connectivity index (χ0) is 18.3. The van der Waals surface area contributed by atoms with Gasteiger partial charge in [-0.2, -0.15) is 5.10 Å². The molecule has 1 aromatic carbocycles. The van der Waals surface area contributed by atoms with Crippen LogP contribution in [0.3, 0.4) is 0 Å². The SMILES string of the molecule is Cn1ccc(NC(=O)c2ccc3c(c2)C(=O)N(CC2CCCO2)C3=O)n1. The van der Waals surface area contributed by atoms with Gasteiger partial charge < -0.3 is 10.1 Å². The van der Waals surface area contributed by atoms with Crippen LogP contribution in [0.25, 0.3) is 0 Å². The van der Waals surface area contributed by atoms with E-state index >= 15 is 0 Å². The van der Waals surface area contributed by atoms with Gasteiger partial charge in [0.2, 0.25) is 0 Å². The Morgan fingerprint density at radius 3 is 2.77 bits per heavy atom. The van der Waals surface area contributed by atoms with Crippen LogP contribution < -0.4 is 5.32 Å². The van der Waals surface area contributed by atoms with Crippen LogP contribution in [0.15, 0.2) is 30.5 Å². The monoisotopic (exact) mass is 354 g/mol. The molecule has 1 fully saturated rings. The number of amides is 3. The summed E-state index contributed by atoms with van der Waals surface area (Å²) in [5, 5.41) is 6.75. The number of rotatable bonds is 4. The summed E-state index contributed by atoms with van der Waals surface area (Å²) in [6.45, 7) is 0.910. The number of carbonyl (C=O) groups is 3. The Morgan fingerprint density at radius 2 is 2.08 bits per heavy atom. The quantitative estimate of drug-likeness (QED) is 0.839. The predicted octanol–water partition coefficient (Wildman–Crippen LogP) is 1.45. The second-order valence-corrected chi connectivity index (χ2v) is 6.45. The second-order valence-electron chi connectivity index (χ2n) is 6.45. The fourth-order valence-electron chi connectivity index (χ4n) is 3.26. The average Bonchev–Trinajstić information content (AvgIpc) is 3.33. The molecule has 8 heteroatoms. The number of nitrogens with one attached hydrogen (secondary N) is 1. The fourth-order valence-corrected chi connectivity index (χ4v) is 3.26. The summed E-state index contributed by atoms with van der Waals surface area (Å²) < 4.78 is 7.09. The minimum absolute atomic E-state index is 0.107. The Bertz CT molecular complexity index is 898. The van der Waals surface area contributed by atoms with Gasteiger partial charge in [0.1, 0.15) is 0 Å². The fraction of sp³-hybridized carbons (Fsp3) is 0.333. The van der Waals surface area contributed by atoms with Gasteiger partial charge in [-0.1, -0.05) is 0 Å². The summed E-state index contributed by atoms with van der Waals surface area (Å²) in [5.41, 5.74) is 0.874. The number of fused-ring (bicyclic) bond motifs is 1. The van der Waals surface area contributed by atoms with Crippen molar-refractivity contribution in [1.29, 1.82) is 0 Å². The van der Waals surface area contributed by atoms with Crippen molar-refractivity contribution in [2.45, 2.75) is 18.9 Å². The van der Waals surface area contributed by atoms with E-state index in [0.717, 1.165) is 12.8 Å². The molecule has 1 atom stereocenters. The molecule has 1 unspecified atom stereocenters. The van der Waals surface area contributed by atoms with Crippen molar-refractivity contribution < 1.29 is 19.1 Å². The first-order valence-electron chi connectivity index (χ1n) is 8.46. The smallest absolute Gasteiger partial charge is 0.261 e. The molecule has 134 valence electrons. The second kappa shape index (κ2) is 6.38. The van der Waals surface area contributed by atoms with Crippen LogP contribution in [0.2, 0.25) is 0 Å². The van der Waals surface area contributed by atoms with E-state index < -0.39 is 0 Å². The number of aromatic nitrogens is 2. The molecule has 3 heterocycles. The Morgan fingerprint density at radius 1 is 1.27 bits per heavy atom. The van der Waals surface area contributed by atoms with E-state index in [-0.39, 0.29) is 35.9 Å². The van der Waals surface area contributed by atoms with Gasteiger partial charge in [-0.3, -0.25) is 24.0 Å². The van der Waals surface area contributed by atoms with Gasteiger partial charge in [-0.15, -0.1) is 0 Å². The number of benzene rings is 1. The number of aryl methyl sites for hydroxylation is 1. The summed E-state index contributed by atoms with van der Waals surface area (Å²) in [6.07, 6.45) is 3.38. The van der Waals surface area contributed by atoms with E-state index in [9.17, 15) is 14.4 Å². The highest BCUT2D eigenvalue weighted by atomic mass is 16.5. The highest BCUT2D eigenvalue weighted by Gasteiger charge is 2.37. The molecule has 3 amide bonds. The molecule has 0 bridgehead atoms. The summed E-state index contributed by atoms with van der Waals surface area (Å²) in [5.74, 6) is -0.685. The maximum absolute atomic E-state index is 12.6. The van der Waals surface area contributed by atoms with E-state index in [1.165, 1.54) is 23.1 Å². The lowest BCUT2D eigenvalue weighted by atomic mass is 10.1. The largest absolute Gasteiger partial charge is 0.376 e. The van der Waals surface area contributed by atoms with Crippen molar-refractivity contribution in [2.24, 2.45) is 7.05 Å². The molecule has 2 aliphatic rings. The van der Waals surface area contributed by atoms with Crippen molar-refractivity contribution in [2.75, 3.05) is 18.5 Å². The van der Waals surface area contributed by atoms with E-state index in [0.29, 0.717) is 23.6 Å². The maximum atomic E-state index is 12.6. The number of anilines is 1. The Hall–Kier alpha value is -3.00. The molecule has 1 aromatic heterocycles. The van der Waals surface area contributed by atoms with Crippen LogP contribution in [-0.4, -0.2) is 51.7 Å². The maximum Gasteiger partial charge on any atom is 0.261 e. The van der Waals surface area contributed by atoms with Gasteiger partial charge >= 0.3 is 0 Å². The molecule has 1 N–H and O–H groups in total. The topological polar surface area (TPSA) is 93.5 Å². The van der Waals surface area contributed by atoms with Gasteiger partial charge in [-0.05, 0) is 31.0 Å². The first-order chi connectivity index (χ1) is 12.5. The molecule has 0 saturated carbocycles. The molecule has 0 aliphatic carbocycles. The third-order valence-corrected chi connectivity index (χ3v) is 4.60. The molecular weight excluding hydrogens is 336 g/mol. The zero-order valence-electron chi connectivity index (χ0n) is 14.3. The molecule has 8 nitrogen and oxygen atoms in total. The molecule has 2 aliphatic heterocycles. The first-order valence-corrected chi connectivity index (χ1v) is 8.46. The molecule has 2 aromatic rings. The van der Waals surface area contributed by atoms with Gasteiger partial charge in [-0.25, -0.2) is 0 Å². The highest BCUT2D eigenvalue weighted by Crippen LogP contribution is 2.26. The van der Waals surface area contributed by atoms with Crippen LogP contribution in [0, 0.1) is 0 Å². The highest BCUT2D eigenvalue weighted by molar-refractivity contribution is 6.22. The third kappa shape index (κ3) is 2.88. The number of nitrogens with zero attached hydrogens (tertiary/aromatic N) is 3. The van der Waals surface area contributed by atoms with Crippen molar-refractivity contribution in [3.8, 4) is 0 Å². The molecular formula is C18H18N4O4. The Labute approximate surface area is 149 Å². The third-order valence-electron chi connectivity index (χ3n) is 4.60. The normalized spacial score (nSPS) is 19.1. The average molecular weight is 354 g/mol. The standard InChI is InChI=1S/C18H18N4O4/c1-21-7-6-15(20-21)19-16(23)11-4-5-13-14(9-11)18(25)22(17(13)24)10-12-3-2-8-26-12/h4-7,9,12H,2-3,8,10H2,1H3,(H,19,20,23).